The molecule has 2 heteroatoms. The van der Waals surface area contributed by atoms with Crippen molar-refractivity contribution in [1.82, 2.24) is 0 Å². The number of rotatable bonds is 1. The van der Waals surface area contributed by atoms with Crippen LogP contribution in [0.2, 0.25) is 0 Å². The molecule has 0 aromatic rings. The molecule has 0 N–H and O–H groups in total. The third-order valence-corrected chi connectivity index (χ3v) is 1.22. The van der Waals surface area contributed by atoms with Gasteiger partial charge < -0.3 is 9.47 Å². The van der Waals surface area contributed by atoms with Crippen molar-refractivity contribution in [2.45, 2.75) is 19.1 Å². The van der Waals surface area contributed by atoms with Crippen LogP contribution in [0, 0.1) is 0 Å². The van der Waals surface area contributed by atoms with E-state index < -0.39 is 0 Å². The third-order valence-electron chi connectivity index (χ3n) is 1.22. The molecular weight excluding hydrogens is 104 g/mol. The van der Waals surface area contributed by atoms with Crippen molar-refractivity contribution in [3.63, 3.8) is 0 Å². The van der Waals surface area contributed by atoms with Crippen molar-refractivity contribution in [2.24, 2.45) is 0 Å². The molecule has 0 radical (unpaired) electrons. The van der Waals surface area contributed by atoms with Crippen LogP contribution in [0.4, 0.5) is 0 Å². The second-order valence-corrected chi connectivity index (χ2v) is 1.86. The summed E-state index contributed by atoms with van der Waals surface area (Å²) in [6.07, 6.45) is 1.87. The Morgan fingerprint density at radius 1 is 1.88 bits per heavy atom. The molecule has 0 saturated carbocycles. The summed E-state index contributed by atoms with van der Waals surface area (Å²) in [7, 11) is 1.64. The van der Waals surface area contributed by atoms with Crippen molar-refractivity contribution in [3.8, 4) is 0 Å². The molecule has 1 saturated heterocycles. The van der Waals surface area contributed by atoms with E-state index in [2.05, 4.69) is 6.58 Å². The number of hydrogen-bond acceptors (Lipinski definition) is 2. The first kappa shape index (κ1) is 5.63. The van der Waals surface area contributed by atoms with Gasteiger partial charge in [-0.1, -0.05) is 6.58 Å². The molecular formula is C6H10O2. The molecule has 1 aliphatic heterocycles. The maximum Gasteiger partial charge on any atom is 0.199 e. The lowest BCUT2D eigenvalue weighted by Crippen LogP contribution is -2.05. The van der Waals surface area contributed by atoms with Gasteiger partial charge in [0.05, 0.1) is 5.76 Å². The predicted molar refractivity (Wildman–Crippen MR) is 30.3 cm³/mol. The summed E-state index contributed by atoms with van der Waals surface area (Å²) in [6.45, 7) is 3.65. The van der Waals surface area contributed by atoms with Gasteiger partial charge >= 0.3 is 0 Å². The zero-order valence-electron chi connectivity index (χ0n) is 5.02. The molecule has 1 unspecified atom stereocenters. The largest absolute Gasteiger partial charge is 0.470 e. The smallest absolute Gasteiger partial charge is 0.199 e. The SMILES string of the molecule is C=C1CCC(OC)O1. The number of hydrogen-bond donors (Lipinski definition) is 0. The van der Waals surface area contributed by atoms with Crippen LogP contribution in [0.5, 0.6) is 0 Å². The topological polar surface area (TPSA) is 18.5 Å². The third kappa shape index (κ3) is 1.01. The van der Waals surface area contributed by atoms with E-state index in [0.717, 1.165) is 18.6 Å². The monoisotopic (exact) mass is 114 g/mol. The standard InChI is InChI=1S/C6H10O2/c1-5-3-4-6(7-2)8-5/h6H,1,3-4H2,2H3. The summed E-state index contributed by atoms with van der Waals surface area (Å²) in [6, 6.07) is 0. The molecule has 0 bridgehead atoms. The minimum absolute atomic E-state index is 0.0255. The molecule has 1 atom stereocenters. The van der Waals surface area contributed by atoms with E-state index in [4.69, 9.17) is 9.47 Å². The van der Waals surface area contributed by atoms with Crippen LogP contribution in [0.3, 0.4) is 0 Å². The first-order valence-corrected chi connectivity index (χ1v) is 2.70. The highest BCUT2D eigenvalue weighted by Gasteiger charge is 2.16. The van der Waals surface area contributed by atoms with Crippen molar-refractivity contribution < 1.29 is 9.47 Å². The number of methoxy groups -OCH3 is 1. The van der Waals surface area contributed by atoms with Crippen molar-refractivity contribution in [3.05, 3.63) is 12.3 Å². The Labute approximate surface area is 49.1 Å². The summed E-state index contributed by atoms with van der Waals surface area (Å²) in [5.74, 6) is 0.844. The fraction of sp³-hybridized carbons (Fsp3) is 0.667. The average Bonchev–Trinajstić information content (AvgIpc) is 2.14. The summed E-state index contributed by atoms with van der Waals surface area (Å²) >= 11 is 0. The second kappa shape index (κ2) is 2.18. The fourth-order valence-electron chi connectivity index (χ4n) is 0.749. The van der Waals surface area contributed by atoms with Gasteiger partial charge in [-0.15, -0.1) is 0 Å². The Morgan fingerprint density at radius 3 is 2.88 bits per heavy atom. The summed E-state index contributed by atoms with van der Waals surface area (Å²) in [4.78, 5) is 0. The van der Waals surface area contributed by atoms with Gasteiger partial charge in [0.15, 0.2) is 6.29 Å². The zero-order chi connectivity index (χ0) is 5.98. The lowest BCUT2D eigenvalue weighted by atomic mass is 10.3. The van der Waals surface area contributed by atoms with E-state index in [1.165, 1.54) is 0 Å². The van der Waals surface area contributed by atoms with Gasteiger partial charge in [0.25, 0.3) is 0 Å². The Morgan fingerprint density at radius 2 is 2.62 bits per heavy atom. The molecule has 0 aliphatic carbocycles. The lowest BCUT2D eigenvalue weighted by Gasteiger charge is -2.05. The Kier molecular flexibility index (Phi) is 1.53. The summed E-state index contributed by atoms with van der Waals surface area (Å²) in [5.41, 5.74) is 0. The summed E-state index contributed by atoms with van der Waals surface area (Å²) in [5, 5.41) is 0. The molecule has 2 nitrogen and oxygen atoms in total. The van der Waals surface area contributed by atoms with E-state index in [0.29, 0.717) is 0 Å². The Hall–Kier alpha value is -0.500. The number of ether oxygens (including phenoxy) is 2. The zero-order valence-corrected chi connectivity index (χ0v) is 5.02. The van der Waals surface area contributed by atoms with Gasteiger partial charge in [0, 0.05) is 20.0 Å². The van der Waals surface area contributed by atoms with Gasteiger partial charge in [-0.2, -0.15) is 0 Å². The highest BCUT2D eigenvalue weighted by molar-refractivity contribution is 4.88. The van der Waals surface area contributed by atoms with Gasteiger partial charge in [0.2, 0.25) is 0 Å². The van der Waals surface area contributed by atoms with E-state index in [1.807, 2.05) is 0 Å². The van der Waals surface area contributed by atoms with Gasteiger partial charge in [-0.3, -0.25) is 0 Å². The van der Waals surface area contributed by atoms with Crippen molar-refractivity contribution >= 4 is 0 Å². The minimum atomic E-state index is -0.0255. The van der Waals surface area contributed by atoms with Crippen LogP contribution < -0.4 is 0 Å². The molecule has 0 aromatic carbocycles. The number of allylic oxidation sites excluding steroid dienone is 1. The summed E-state index contributed by atoms with van der Waals surface area (Å²) < 4.78 is 9.99. The van der Waals surface area contributed by atoms with Crippen LogP contribution >= 0.6 is 0 Å². The fourth-order valence-corrected chi connectivity index (χ4v) is 0.749. The normalized spacial score (nSPS) is 28.1. The predicted octanol–water partition coefficient (Wildman–Crippen LogP) is 1.28. The Balaban J connectivity index is 2.32. The molecule has 1 aliphatic rings. The quantitative estimate of drug-likeness (QED) is 0.511. The molecule has 0 spiro atoms. The highest BCUT2D eigenvalue weighted by atomic mass is 16.7. The maximum absolute atomic E-state index is 5.09. The van der Waals surface area contributed by atoms with Gasteiger partial charge in [0.1, 0.15) is 0 Å². The lowest BCUT2D eigenvalue weighted by molar-refractivity contribution is -0.0678. The molecule has 1 heterocycles. The van der Waals surface area contributed by atoms with Crippen LogP contribution in [0.15, 0.2) is 12.3 Å². The van der Waals surface area contributed by atoms with E-state index >= 15 is 0 Å². The van der Waals surface area contributed by atoms with E-state index in [-0.39, 0.29) is 6.29 Å². The van der Waals surface area contributed by atoms with Crippen LogP contribution in [0.1, 0.15) is 12.8 Å². The molecule has 0 amide bonds. The first-order valence-electron chi connectivity index (χ1n) is 2.70. The molecule has 46 valence electrons. The van der Waals surface area contributed by atoms with Gasteiger partial charge in [-0.25, -0.2) is 0 Å². The van der Waals surface area contributed by atoms with Crippen LogP contribution in [-0.2, 0) is 9.47 Å². The van der Waals surface area contributed by atoms with Gasteiger partial charge in [-0.05, 0) is 0 Å². The molecule has 1 fully saturated rings. The first-order chi connectivity index (χ1) is 3.83. The van der Waals surface area contributed by atoms with Crippen LogP contribution in [0.25, 0.3) is 0 Å². The average molecular weight is 114 g/mol. The van der Waals surface area contributed by atoms with Crippen LogP contribution in [-0.4, -0.2) is 13.4 Å². The Bertz CT molecular complexity index is 98.7. The van der Waals surface area contributed by atoms with E-state index in [9.17, 15) is 0 Å². The second-order valence-electron chi connectivity index (χ2n) is 1.86. The maximum atomic E-state index is 5.09. The minimum Gasteiger partial charge on any atom is -0.470 e. The molecule has 1 rings (SSSR count). The molecule has 8 heavy (non-hydrogen) atoms. The van der Waals surface area contributed by atoms with Crippen molar-refractivity contribution in [2.75, 3.05) is 7.11 Å². The molecule has 0 aromatic heterocycles. The van der Waals surface area contributed by atoms with Crippen molar-refractivity contribution in [1.29, 1.82) is 0 Å². The highest BCUT2D eigenvalue weighted by Crippen LogP contribution is 2.20. The van der Waals surface area contributed by atoms with E-state index in [1.54, 1.807) is 7.11 Å².